The molecule has 2 rings (SSSR count). The maximum Gasteiger partial charge on any atom is 0.351 e. The number of hydrogen-bond donors (Lipinski definition) is 2. The minimum absolute atomic E-state index is 0.0202. The fourth-order valence-corrected chi connectivity index (χ4v) is 1.38. The fraction of sp³-hybridized carbons (Fsp3) is 0.500. The zero-order valence-corrected chi connectivity index (χ0v) is 7.46. The molecule has 6 nitrogen and oxygen atoms in total. The summed E-state index contributed by atoms with van der Waals surface area (Å²) in [6.07, 6.45) is 1.70. The van der Waals surface area contributed by atoms with Crippen molar-refractivity contribution in [3.05, 3.63) is 22.7 Å². The van der Waals surface area contributed by atoms with Crippen molar-refractivity contribution in [1.29, 1.82) is 0 Å². The van der Waals surface area contributed by atoms with Gasteiger partial charge in [0.05, 0.1) is 12.7 Å². The molecule has 1 fully saturated rings. The molecular formula is C8H11N3O3. The molecule has 3 N–H and O–H groups in total. The molecule has 76 valence electrons. The summed E-state index contributed by atoms with van der Waals surface area (Å²) in [5.41, 5.74) is 4.91. The van der Waals surface area contributed by atoms with Crippen molar-refractivity contribution in [2.75, 3.05) is 12.3 Å². The predicted octanol–water partition coefficient (Wildman–Crippen LogP) is -0.895. The van der Waals surface area contributed by atoms with Crippen LogP contribution < -0.4 is 11.4 Å². The minimum Gasteiger partial charge on any atom is -0.394 e. The zero-order valence-electron chi connectivity index (χ0n) is 7.46. The summed E-state index contributed by atoms with van der Waals surface area (Å²) in [5, 5.41) is 8.72. The SMILES string of the molecule is Nc1ccn([C@H]2C[C@@H](CO)O2)c(=O)n1. The molecular weight excluding hydrogens is 186 g/mol. The van der Waals surface area contributed by atoms with Gasteiger partial charge in [0.15, 0.2) is 0 Å². The van der Waals surface area contributed by atoms with Crippen molar-refractivity contribution in [1.82, 2.24) is 9.55 Å². The second-order valence-electron chi connectivity index (χ2n) is 3.17. The lowest BCUT2D eigenvalue weighted by Gasteiger charge is -2.35. The van der Waals surface area contributed by atoms with Gasteiger partial charge in [0, 0.05) is 12.6 Å². The number of nitrogens with two attached hydrogens (primary N) is 1. The first-order chi connectivity index (χ1) is 6.70. The van der Waals surface area contributed by atoms with E-state index < -0.39 is 5.69 Å². The van der Waals surface area contributed by atoms with Crippen molar-refractivity contribution in [3.8, 4) is 0 Å². The normalized spacial score (nSPS) is 25.8. The zero-order chi connectivity index (χ0) is 10.1. The van der Waals surface area contributed by atoms with Gasteiger partial charge in [-0.25, -0.2) is 4.79 Å². The number of aliphatic hydroxyl groups is 1. The first kappa shape index (κ1) is 9.17. The van der Waals surface area contributed by atoms with Crippen LogP contribution in [0.2, 0.25) is 0 Å². The minimum atomic E-state index is -0.425. The van der Waals surface area contributed by atoms with Crippen LogP contribution in [0, 0.1) is 0 Å². The molecule has 1 saturated heterocycles. The molecule has 0 aromatic carbocycles. The maximum atomic E-state index is 11.3. The second-order valence-corrected chi connectivity index (χ2v) is 3.17. The molecule has 1 aliphatic rings. The summed E-state index contributed by atoms with van der Waals surface area (Å²) in [6, 6.07) is 1.54. The first-order valence-electron chi connectivity index (χ1n) is 4.31. The Labute approximate surface area is 79.9 Å². The van der Waals surface area contributed by atoms with Gasteiger partial charge in [-0.2, -0.15) is 4.98 Å². The second kappa shape index (κ2) is 3.39. The monoisotopic (exact) mass is 197 g/mol. The Morgan fingerprint density at radius 2 is 2.50 bits per heavy atom. The highest BCUT2D eigenvalue weighted by molar-refractivity contribution is 5.23. The largest absolute Gasteiger partial charge is 0.394 e. The number of aromatic nitrogens is 2. The van der Waals surface area contributed by atoms with Crippen LogP contribution in [0.3, 0.4) is 0 Å². The van der Waals surface area contributed by atoms with E-state index in [1.54, 1.807) is 6.20 Å². The van der Waals surface area contributed by atoms with E-state index in [0.29, 0.717) is 6.42 Å². The molecule has 0 bridgehead atoms. The van der Waals surface area contributed by atoms with E-state index in [1.165, 1.54) is 10.6 Å². The van der Waals surface area contributed by atoms with Gasteiger partial charge in [-0.3, -0.25) is 4.57 Å². The Morgan fingerprint density at radius 1 is 1.79 bits per heavy atom. The quantitative estimate of drug-likeness (QED) is 0.641. The van der Waals surface area contributed by atoms with E-state index >= 15 is 0 Å². The lowest BCUT2D eigenvalue weighted by molar-refractivity contribution is -0.181. The topological polar surface area (TPSA) is 90.4 Å². The van der Waals surface area contributed by atoms with Crippen LogP contribution in [0.1, 0.15) is 12.6 Å². The van der Waals surface area contributed by atoms with E-state index in [2.05, 4.69) is 4.98 Å². The van der Waals surface area contributed by atoms with Crippen LogP contribution in [0.5, 0.6) is 0 Å². The number of rotatable bonds is 2. The van der Waals surface area contributed by atoms with E-state index in [1.807, 2.05) is 0 Å². The van der Waals surface area contributed by atoms with E-state index in [0.717, 1.165) is 0 Å². The molecule has 1 aromatic rings. The van der Waals surface area contributed by atoms with Crippen molar-refractivity contribution in [2.45, 2.75) is 18.8 Å². The number of ether oxygens (including phenoxy) is 1. The predicted molar refractivity (Wildman–Crippen MR) is 48.5 cm³/mol. The number of aliphatic hydroxyl groups excluding tert-OH is 1. The highest BCUT2D eigenvalue weighted by atomic mass is 16.5. The number of nitrogens with zero attached hydrogens (tertiary/aromatic N) is 2. The van der Waals surface area contributed by atoms with Crippen molar-refractivity contribution < 1.29 is 9.84 Å². The first-order valence-corrected chi connectivity index (χ1v) is 4.31. The third kappa shape index (κ3) is 1.49. The van der Waals surface area contributed by atoms with Crippen LogP contribution in [0.4, 0.5) is 5.82 Å². The maximum absolute atomic E-state index is 11.3. The molecule has 1 aliphatic heterocycles. The van der Waals surface area contributed by atoms with Crippen LogP contribution in [-0.2, 0) is 4.74 Å². The van der Waals surface area contributed by atoms with Gasteiger partial charge < -0.3 is 15.6 Å². The van der Waals surface area contributed by atoms with Gasteiger partial charge in [-0.05, 0) is 6.07 Å². The number of nitrogen functional groups attached to an aromatic ring is 1. The summed E-state index contributed by atoms with van der Waals surface area (Å²) in [5.74, 6) is 0.198. The molecule has 0 saturated carbocycles. The third-order valence-corrected chi connectivity index (χ3v) is 2.18. The van der Waals surface area contributed by atoms with Crippen LogP contribution in [-0.4, -0.2) is 27.4 Å². The van der Waals surface area contributed by atoms with Gasteiger partial charge in [-0.15, -0.1) is 0 Å². The standard InChI is InChI=1S/C8H11N3O3/c9-6-1-2-11(8(13)10-6)7-3-5(4-12)14-7/h1-2,5,7,12H,3-4H2,(H2,9,10,13)/t5-,7+/m0/s1. The Hall–Kier alpha value is -1.40. The molecule has 0 amide bonds. The molecule has 2 atom stereocenters. The van der Waals surface area contributed by atoms with Crippen molar-refractivity contribution in [3.63, 3.8) is 0 Å². The smallest absolute Gasteiger partial charge is 0.351 e. The molecule has 0 radical (unpaired) electrons. The van der Waals surface area contributed by atoms with E-state index in [9.17, 15) is 4.79 Å². The van der Waals surface area contributed by atoms with Crippen LogP contribution in [0.25, 0.3) is 0 Å². The van der Waals surface area contributed by atoms with Gasteiger partial charge >= 0.3 is 5.69 Å². The van der Waals surface area contributed by atoms with Gasteiger partial charge in [0.25, 0.3) is 0 Å². The molecule has 1 aromatic heterocycles. The van der Waals surface area contributed by atoms with E-state index in [4.69, 9.17) is 15.6 Å². The number of hydrogen-bond acceptors (Lipinski definition) is 5. The highest BCUT2D eigenvalue weighted by Crippen LogP contribution is 2.28. The van der Waals surface area contributed by atoms with E-state index in [-0.39, 0.29) is 24.8 Å². The van der Waals surface area contributed by atoms with Gasteiger partial charge in [0.1, 0.15) is 12.0 Å². The summed E-state index contributed by atoms with van der Waals surface area (Å²) in [4.78, 5) is 14.9. The van der Waals surface area contributed by atoms with Gasteiger partial charge in [-0.1, -0.05) is 0 Å². The molecule has 0 unspecified atom stereocenters. The Bertz CT molecular complexity index is 384. The number of anilines is 1. The summed E-state index contributed by atoms with van der Waals surface area (Å²) in [7, 11) is 0. The van der Waals surface area contributed by atoms with Crippen LogP contribution in [0.15, 0.2) is 17.1 Å². The molecule has 0 spiro atoms. The molecule has 2 heterocycles. The van der Waals surface area contributed by atoms with Crippen molar-refractivity contribution >= 4 is 5.82 Å². The summed E-state index contributed by atoms with van der Waals surface area (Å²) in [6.45, 7) is -0.0202. The Morgan fingerprint density at radius 3 is 3.07 bits per heavy atom. The fourth-order valence-electron chi connectivity index (χ4n) is 1.38. The third-order valence-electron chi connectivity index (χ3n) is 2.18. The highest BCUT2D eigenvalue weighted by Gasteiger charge is 2.31. The average molecular weight is 197 g/mol. The lowest BCUT2D eigenvalue weighted by Crippen LogP contribution is -2.41. The molecule has 14 heavy (non-hydrogen) atoms. The molecule has 0 aliphatic carbocycles. The summed E-state index contributed by atoms with van der Waals surface area (Å²) < 4.78 is 6.59. The lowest BCUT2D eigenvalue weighted by atomic mass is 10.1. The van der Waals surface area contributed by atoms with Gasteiger partial charge in [0.2, 0.25) is 0 Å². The Balaban J connectivity index is 2.15. The average Bonchev–Trinajstić information content (AvgIpc) is 2.06. The Kier molecular flexibility index (Phi) is 2.22. The summed E-state index contributed by atoms with van der Waals surface area (Å²) >= 11 is 0. The molecule has 6 heteroatoms. The van der Waals surface area contributed by atoms with Crippen LogP contribution >= 0.6 is 0 Å². The van der Waals surface area contributed by atoms with Crippen molar-refractivity contribution in [2.24, 2.45) is 0 Å².